The number of rotatable bonds is 6. The van der Waals surface area contributed by atoms with E-state index in [9.17, 15) is 8.42 Å². The monoisotopic (exact) mass is 283 g/mol. The van der Waals surface area contributed by atoms with Gasteiger partial charge in [0.1, 0.15) is 4.21 Å². The average Bonchev–Trinajstić information content (AvgIpc) is 2.80. The molecule has 0 bridgehead atoms. The molecule has 16 heavy (non-hydrogen) atoms. The van der Waals surface area contributed by atoms with Crippen molar-refractivity contribution in [2.75, 3.05) is 21.3 Å². The number of thiophene rings is 1. The molecule has 0 aliphatic heterocycles. The van der Waals surface area contributed by atoms with E-state index in [2.05, 4.69) is 4.39 Å². The van der Waals surface area contributed by atoms with Crippen LogP contribution in [0.5, 0.6) is 0 Å². The van der Waals surface area contributed by atoms with Crippen LogP contribution in [0.1, 0.15) is 0 Å². The molecule has 1 N–H and O–H groups in total. The molecule has 1 rings (SSSR count). The maximum Gasteiger partial charge on any atom is 0.610 e. The summed E-state index contributed by atoms with van der Waals surface area (Å²) in [6, 6.07) is 3.14. The van der Waals surface area contributed by atoms with Gasteiger partial charge in [0.2, 0.25) is 10.0 Å². The van der Waals surface area contributed by atoms with Gasteiger partial charge in [-0.1, -0.05) is 6.07 Å². The van der Waals surface area contributed by atoms with Gasteiger partial charge < -0.3 is 13.3 Å². The smallest absolute Gasteiger partial charge is 0.364 e. The molecule has 1 aromatic heterocycles. The Morgan fingerprint density at radius 3 is 2.19 bits per heavy atom. The van der Waals surface area contributed by atoms with Crippen LogP contribution in [0, 0.1) is 0 Å². The molecule has 1 aromatic rings. The minimum absolute atomic E-state index is 0.190. The zero-order chi connectivity index (χ0) is 12.2. The van der Waals surface area contributed by atoms with Gasteiger partial charge in [-0.05, 0) is 11.4 Å². The Balaban J connectivity index is 2.96. The van der Waals surface area contributed by atoms with Crippen LogP contribution in [-0.2, 0) is 23.3 Å². The highest BCUT2D eigenvalue weighted by molar-refractivity contribution is 7.92. The second kappa shape index (κ2) is 5.36. The number of hydrogen-bond donors (Lipinski definition) is 1. The lowest BCUT2D eigenvalue weighted by atomic mass is 10.7. The predicted octanol–water partition coefficient (Wildman–Crippen LogP) is 0.401. The van der Waals surface area contributed by atoms with E-state index >= 15 is 0 Å². The van der Waals surface area contributed by atoms with E-state index < -0.39 is 19.0 Å². The summed E-state index contributed by atoms with van der Waals surface area (Å²) < 4.78 is 41.2. The first-order valence-electron chi connectivity index (χ1n) is 4.22. The van der Waals surface area contributed by atoms with Gasteiger partial charge in [0.15, 0.2) is 0 Å². The van der Waals surface area contributed by atoms with Crippen LogP contribution < -0.4 is 4.39 Å². The molecule has 9 heteroatoms. The molecular weight excluding hydrogens is 270 g/mol. The van der Waals surface area contributed by atoms with Crippen LogP contribution in [0.25, 0.3) is 0 Å². The number of nitrogens with one attached hydrogen (secondary N) is 1. The second-order valence-electron chi connectivity index (χ2n) is 2.71. The van der Waals surface area contributed by atoms with Gasteiger partial charge in [0.25, 0.3) is 0 Å². The first-order chi connectivity index (χ1) is 7.49. The third-order valence-corrected chi connectivity index (χ3v) is 7.79. The topological polar surface area (TPSA) is 73.9 Å². The zero-order valence-electron chi connectivity index (χ0n) is 9.09. The molecule has 1 heterocycles. The summed E-state index contributed by atoms with van der Waals surface area (Å²) in [5.74, 6) is 0. The van der Waals surface area contributed by atoms with E-state index in [0.717, 1.165) is 11.3 Å². The lowest BCUT2D eigenvalue weighted by molar-refractivity contribution is 0.119. The molecule has 0 aromatic carbocycles. The van der Waals surface area contributed by atoms with Crippen molar-refractivity contribution >= 4 is 30.3 Å². The molecule has 92 valence electrons. The molecule has 0 radical (unpaired) electrons. The second-order valence-corrected chi connectivity index (χ2v) is 8.51. The summed E-state index contributed by atoms with van der Waals surface area (Å²) in [6.45, 7) is 0. The third kappa shape index (κ3) is 2.88. The van der Waals surface area contributed by atoms with Crippen molar-refractivity contribution in [1.29, 1.82) is 0 Å². The van der Waals surface area contributed by atoms with Crippen LogP contribution in [0.2, 0.25) is 0 Å². The Bertz CT molecular complexity index is 406. The van der Waals surface area contributed by atoms with E-state index in [-0.39, 0.29) is 4.21 Å². The fraction of sp³-hybridized carbons (Fsp3) is 0.429. The normalized spacial score (nSPS) is 12.9. The molecule has 0 atom stereocenters. The first-order valence-corrected chi connectivity index (χ1v) is 8.31. The summed E-state index contributed by atoms with van der Waals surface area (Å²) in [5, 5.41) is 1.67. The Labute approximate surface area is 99.6 Å². The van der Waals surface area contributed by atoms with Gasteiger partial charge in [0.05, 0.1) is 0 Å². The van der Waals surface area contributed by atoms with Crippen molar-refractivity contribution in [1.82, 2.24) is 4.39 Å². The first kappa shape index (κ1) is 13.8. The van der Waals surface area contributed by atoms with Crippen molar-refractivity contribution in [3.8, 4) is 0 Å². The van der Waals surface area contributed by atoms with Gasteiger partial charge in [-0.2, -0.15) is 4.39 Å². The van der Waals surface area contributed by atoms with E-state index in [1.807, 2.05) is 0 Å². The third-order valence-electron chi connectivity index (χ3n) is 1.83. The Morgan fingerprint density at radius 2 is 1.81 bits per heavy atom. The molecule has 0 spiro atoms. The van der Waals surface area contributed by atoms with E-state index in [4.69, 9.17) is 13.3 Å². The van der Waals surface area contributed by atoms with Crippen LogP contribution in [0.15, 0.2) is 21.7 Å². The Hall–Kier alpha value is -0.293. The molecule has 0 aliphatic rings. The summed E-state index contributed by atoms with van der Waals surface area (Å²) in [7, 11) is -3.01. The molecule has 0 saturated carbocycles. The van der Waals surface area contributed by atoms with Crippen LogP contribution in [-0.4, -0.2) is 38.7 Å². The highest BCUT2D eigenvalue weighted by atomic mass is 32.2. The molecular formula is C7H13NO5S2Si. The van der Waals surface area contributed by atoms with Gasteiger partial charge in [-0.3, -0.25) is 0 Å². The predicted molar refractivity (Wildman–Crippen MR) is 61.4 cm³/mol. The maximum absolute atomic E-state index is 11.9. The van der Waals surface area contributed by atoms with Crippen molar-refractivity contribution in [2.45, 2.75) is 4.21 Å². The van der Waals surface area contributed by atoms with Gasteiger partial charge in [0, 0.05) is 21.3 Å². The SMILES string of the molecule is CO[Si](NS(=O)(=O)c1cccs1)(OC)OC. The van der Waals surface area contributed by atoms with Gasteiger partial charge >= 0.3 is 8.97 Å². The Morgan fingerprint density at radius 1 is 1.25 bits per heavy atom. The maximum atomic E-state index is 11.9. The van der Waals surface area contributed by atoms with Crippen LogP contribution >= 0.6 is 11.3 Å². The van der Waals surface area contributed by atoms with Crippen molar-refractivity contribution < 1.29 is 21.7 Å². The fourth-order valence-corrected chi connectivity index (χ4v) is 5.98. The number of sulfonamides is 1. The minimum atomic E-state index is -3.66. The standard InChI is InChI=1S/C7H13NO5S2Si/c1-11-16(12-2,13-3)8-15(9,10)7-5-4-6-14-7/h4-6,8H,1-3H3. The molecule has 0 saturated heterocycles. The van der Waals surface area contributed by atoms with E-state index in [1.54, 1.807) is 11.4 Å². The highest BCUT2D eigenvalue weighted by Gasteiger charge is 2.44. The van der Waals surface area contributed by atoms with Crippen molar-refractivity contribution in [3.05, 3.63) is 17.5 Å². The van der Waals surface area contributed by atoms with Crippen LogP contribution in [0.3, 0.4) is 0 Å². The van der Waals surface area contributed by atoms with Crippen molar-refractivity contribution in [3.63, 3.8) is 0 Å². The summed E-state index contributed by atoms with van der Waals surface area (Å²) in [6.07, 6.45) is 0. The lowest BCUT2D eigenvalue weighted by Gasteiger charge is -2.23. The van der Waals surface area contributed by atoms with Crippen molar-refractivity contribution in [2.24, 2.45) is 0 Å². The fourth-order valence-electron chi connectivity index (χ4n) is 1.01. The molecule has 0 aliphatic carbocycles. The zero-order valence-corrected chi connectivity index (χ0v) is 11.7. The molecule has 0 fully saturated rings. The van der Waals surface area contributed by atoms with Gasteiger partial charge in [-0.15, -0.1) is 11.3 Å². The van der Waals surface area contributed by atoms with Crippen LogP contribution in [0.4, 0.5) is 0 Å². The quantitative estimate of drug-likeness (QED) is 0.765. The van der Waals surface area contributed by atoms with E-state index in [0.29, 0.717) is 0 Å². The summed E-state index contributed by atoms with van der Waals surface area (Å²) in [5.41, 5.74) is 0. The molecule has 6 nitrogen and oxygen atoms in total. The lowest BCUT2D eigenvalue weighted by Crippen LogP contribution is -2.58. The van der Waals surface area contributed by atoms with E-state index in [1.165, 1.54) is 27.4 Å². The largest absolute Gasteiger partial charge is 0.610 e. The molecule has 0 amide bonds. The Kier molecular flexibility index (Phi) is 4.61. The summed E-state index contributed by atoms with van der Waals surface area (Å²) >= 11 is 1.11. The average molecular weight is 283 g/mol. The minimum Gasteiger partial charge on any atom is -0.364 e. The molecule has 0 unspecified atom stereocenters. The highest BCUT2D eigenvalue weighted by Crippen LogP contribution is 2.17. The summed E-state index contributed by atoms with van der Waals surface area (Å²) in [4.78, 5) is 0. The number of hydrogen-bond acceptors (Lipinski definition) is 6. The van der Waals surface area contributed by atoms with Gasteiger partial charge in [-0.25, -0.2) is 8.42 Å².